The Morgan fingerprint density at radius 1 is 1.24 bits per heavy atom. The van der Waals surface area contributed by atoms with E-state index in [4.69, 9.17) is 15.9 Å². The SMILES string of the molecule is C#CCOC[C@@H](NC(=O)[C@H]1N2C(=O)[C@@H](NC(=O)[C@H](C)N(C)C(=O)OC(C)(C)C)CCS[C@H]2CC1(C)C)c1ccccc1. The fourth-order valence-corrected chi connectivity index (χ4v) is 6.78. The molecule has 0 aliphatic carbocycles. The minimum atomic E-state index is -0.872. The summed E-state index contributed by atoms with van der Waals surface area (Å²) < 4.78 is 11.0. The van der Waals surface area contributed by atoms with Crippen molar-refractivity contribution in [2.45, 2.75) is 89.5 Å². The number of likely N-dealkylation sites (N-methyl/N-ethyl adjacent to an activating group) is 1. The maximum atomic E-state index is 14.0. The molecule has 42 heavy (non-hydrogen) atoms. The Labute approximate surface area is 253 Å². The summed E-state index contributed by atoms with van der Waals surface area (Å²) in [4.78, 5) is 56.5. The van der Waals surface area contributed by atoms with E-state index in [2.05, 4.69) is 16.6 Å². The minimum absolute atomic E-state index is 0.111. The highest BCUT2D eigenvalue weighted by molar-refractivity contribution is 7.99. The Bertz CT molecular complexity index is 1180. The van der Waals surface area contributed by atoms with E-state index in [1.807, 2.05) is 44.2 Å². The third-order valence-electron chi connectivity index (χ3n) is 7.49. The highest BCUT2D eigenvalue weighted by Crippen LogP contribution is 2.46. The zero-order valence-electron chi connectivity index (χ0n) is 25.6. The topological polar surface area (TPSA) is 117 Å². The molecule has 2 saturated heterocycles. The van der Waals surface area contributed by atoms with Crippen molar-refractivity contribution < 1.29 is 28.7 Å². The number of benzene rings is 1. The van der Waals surface area contributed by atoms with Crippen molar-refractivity contribution in [1.29, 1.82) is 0 Å². The molecule has 5 atom stereocenters. The molecule has 2 fully saturated rings. The van der Waals surface area contributed by atoms with Crippen LogP contribution in [0.25, 0.3) is 0 Å². The fourth-order valence-electron chi connectivity index (χ4n) is 5.20. The number of terminal acetylenes is 1. The summed E-state index contributed by atoms with van der Waals surface area (Å²) in [5, 5.41) is 5.74. The van der Waals surface area contributed by atoms with Gasteiger partial charge in [-0.05, 0) is 57.3 Å². The smallest absolute Gasteiger partial charge is 0.410 e. The average molecular weight is 601 g/mol. The lowest BCUT2D eigenvalue weighted by molar-refractivity contribution is -0.144. The molecule has 0 unspecified atom stereocenters. The lowest BCUT2D eigenvalue weighted by Gasteiger charge is -2.35. The van der Waals surface area contributed by atoms with E-state index < -0.39 is 47.2 Å². The van der Waals surface area contributed by atoms with Crippen LogP contribution in [0.4, 0.5) is 4.79 Å². The van der Waals surface area contributed by atoms with Gasteiger partial charge in [0.2, 0.25) is 17.7 Å². The lowest BCUT2D eigenvalue weighted by atomic mass is 9.83. The number of thioether (sulfide) groups is 1. The summed E-state index contributed by atoms with van der Waals surface area (Å²) in [6.07, 6.45) is 5.75. The summed E-state index contributed by atoms with van der Waals surface area (Å²) in [6.45, 7) is 11.1. The Morgan fingerprint density at radius 2 is 1.90 bits per heavy atom. The first-order valence-electron chi connectivity index (χ1n) is 14.2. The number of amides is 4. The maximum Gasteiger partial charge on any atom is 0.410 e. The van der Waals surface area contributed by atoms with Crippen LogP contribution in [0.1, 0.15) is 66.0 Å². The molecule has 0 spiro atoms. The summed E-state index contributed by atoms with van der Waals surface area (Å²) in [5.41, 5.74) is -0.370. The molecule has 2 aliphatic heterocycles. The van der Waals surface area contributed by atoms with Crippen molar-refractivity contribution in [2.24, 2.45) is 5.41 Å². The quantitative estimate of drug-likeness (QED) is 0.330. The van der Waals surface area contributed by atoms with Gasteiger partial charge in [-0.15, -0.1) is 18.2 Å². The molecule has 2 aliphatic rings. The second kappa shape index (κ2) is 13.8. The molecule has 0 radical (unpaired) electrons. The standard InChI is InChI=1S/C31H44N4O6S/c1-9-16-40-19-23(21-13-11-10-12-14-21)33-27(37)25-31(6,7)18-24-35(25)28(38)22(15-17-42-24)32-26(36)20(2)34(8)29(39)41-30(3,4)5/h1,10-14,20,22-25H,15-19H2,2-8H3,(H,32,36)(H,33,37)/t20-,22-,23+,24-,25+/m0/s1. The van der Waals surface area contributed by atoms with Crippen LogP contribution >= 0.6 is 11.8 Å². The van der Waals surface area contributed by atoms with Crippen molar-refractivity contribution >= 4 is 35.6 Å². The summed E-state index contributed by atoms with van der Waals surface area (Å²) in [5.74, 6) is 2.00. The first-order valence-corrected chi connectivity index (χ1v) is 15.3. The van der Waals surface area contributed by atoms with Crippen LogP contribution in [0.3, 0.4) is 0 Å². The first-order chi connectivity index (χ1) is 19.7. The predicted octanol–water partition coefficient (Wildman–Crippen LogP) is 3.32. The number of fused-ring (bicyclic) bond motifs is 1. The number of nitrogens with one attached hydrogen (secondary N) is 2. The Morgan fingerprint density at radius 3 is 2.52 bits per heavy atom. The molecular weight excluding hydrogens is 556 g/mol. The van der Waals surface area contributed by atoms with Gasteiger partial charge < -0.3 is 25.0 Å². The first kappa shape index (κ1) is 33.3. The lowest BCUT2D eigenvalue weighted by Crippen LogP contribution is -2.58. The molecule has 1 aromatic rings. The van der Waals surface area contributed by atoms with E-state index in [1.165, 1.54) is 11.9 Å². The summed E-state index contributed by atoms with van der Waals surface area (Å²) in [6, 6.07) is 6.53. The molecule has 1 aromatic carbocycles. The normalized spacial score (nSPS) is 23.0. The largest absolute Gasteiger partial charge is 0.444 e. The Balaban J connectivity index is 1.79. The number of hydrogen-bond donors (Lipinski definition) is 2. The van der Waals surface area contributed by atoms with Crippen molar-refractivity contribution in [3.05, 3.63) is 35.9 Å². The van der Waals surface area contributed by atoms with E-state index in [0.717, 1.165) is 5.56 Å². The van der Waals surface area contributed by atoms with Crippen LogP contribution in [-0.2, 0) is 23.9 Å². The molecule has 11 heteroatoms. The van der Waals surface area contributed by atoms with Crippen molar-refractivity contribution in [1.82, 2.24) is 20.4 Å². The van der Waals surface area contributed by atoms with Crippen LogP contribution in [0.5, 0.6) is 0 Å². The second-order valence-electron chi connectivity index (χ2n) is 12.5. The maximum absolute atomic E-state index is 14.0. The predicted molar refractivity (Wildman–Crippen MR) is 162 cm³/mol. The van der Waals surface area contributed by atoms with Gasteiger partial charge in [0.15, 0.2) is 0 Å². The summed E-state index contributed by atoms with van der Waals surface area (Å²) >= 11 is 1.61. The zero-order chi connectivity index (χ0) is 31.2. The summed E-state index contributed by atoms with van der Waals surface area (Å²) in [7, 11) is 1.49. The van der Waals surface area contributed by atoms with Crippen molar-refractivity contribution in [3.63, 3.8) is 0 Å². The Hall–Kier alpha value is -3.23. The number of hydrogen-bond acceptors (Lipinski definition) is 7. The van der Waals surface area contributed by atoms with Crippen LogP contribution in [0.2, 0.25) is 0 Å². The molecule has 0 aromatic heterocycles. The average Bonchev–Trinajstić information content (AvgIpc) is 3.11. The second-order valence-corrected chi connectivity index (χ2v) is 13.8. The van der Waals surface area contributed by atoms with E-state index >= 15 is 0 Å². The van der Waals surface area contributed by atoms with Crippen LogP contribution in [0, 0.1) is 17.8 Å². The van der Waals surface area contributed by atoms with Gasteiger partial charge in [0.1, 0.15) is 30.3 Å². The molecular formula is C31H44N4O6S. The molecule has 2 heterocycles. The number of carbonyl (C=O) groups excluding carboxylic acids is 4. The van der Waals surface area contributed by atoms with Gasteiger partial charge in [0.05, 0.1) is 18.0 Å². The van der Waals surface area contributed by atoms with E-state index in [-0.39, 0.29) is 30.4 Å². The third-order valence-corrected chi connectivity index (χ3v) is 8.74. The van der Waals surface area contributed by atoms with Crippen LogP contribution < -0.4 is 10.6 Å². The molecule has 4 amide bonds. The molecule has 2 N–H and O–H groups in total. The zero-order valence-corrected chi connectivity index (χ0v) is 26.5. The third kappa shape index (κ3) is 8.19. The molecule has 230 valence electrons. The van der Waals surface area contributed by atoms with E-state index in [9.17, 15) is 19.2 Å². The van der Waals surface area contributed by atoms with Gasteiger partial charge >= 0.3 is 6.09 Å². The Kier molecular flexibility index (Phi) is 11.0. The van der Waals surface area contributed by atoms with Crippen LogP contribution in [-0.4, -0.2) is 88.7 Å². The van der Waals surface area contributed by atoms with E-state index in [0.29, 0.717) is 18.6 Å². The fraction of sp³-hybridized carbons (Fsp3) is 0.613. The number of rotatable bonds is 9. The van der Waals surface area contributed by atoms with Gasteiger partial charge in [0, 0.05) is 7.05 Å². The molecule has 10 nitrogen and oxygen atoms in total. The van der Waals surface area contributed by atoms with E-state index in [1.54, 1.807) is 44.4 Å². The van der Waals surface area contributed by atoms with Gasteiger partial charge in [-0.25, -0.2) is 4.79 Å². The van der Waals surface area contributed by atoms with Gasteiger partial charge in [0.25, 0.3) is 0 Å². The monoisotopic (exact) mass is 600 g/mol. The number of ether oxygens (including phenoxy) is 2. The number of nitrogens with zero attached hydrogens (tertiary/aromatic N) is 2. The van der Waals surface area contributed by atoms with Crippen LogP contribution in [0.15, 0.2) is 30.3 Å². The molecule has 0 bridgehead atoms. The molecule has 3 rings (SSSR count). The van der Waals surface area contributed by atoms with Gasteiger partial charge in [-0.2, -0.15) is 0 Å². The number of carbonyl (C=O) groups is 4. The minimum Gasteiger partial charge on any atom is -0.444 e. The molecule has 0 saturated carbocycles. The highest BCUT2D eigenvalue weighted by atomic mass is 32.2. The highest BCUT2D eigenvalue weighted by Gasteiger charge is 2.54. The van der Waals surface area contributed by atoms with Crippen molar-refractivity contribution in [2.75, 3.05) is 26.0 Å². The van der Waals surface area contributed by atoms with Gasteiger partial charge in [-0.3, -0.25) is 19.3 Å². The van der Waals surface area contributed by atoms with Gasteiger partial charge in [-0.1, -0.05) is 50.1 Å². The van der Waals surface area contributed by atoms with Crippen molar-refractivity contribution in [3.8, 4) is 12.3 Å².